The van der Waals surface area contributed by atoms with E-state index < -0.39 is 5.97 Å². The van der Waals surface area contributed by atoms with E-state index in [1.54, 1.807) is 10.9 Å². The molecule has 3 aromatic rings. The minimum Gasteiger partial charge on any atom is -0.478 e. The summed E-state index contributed by atoms with van der Waals surface area (Å²) < 4.78 is 1.69. The first-order chi connectivity index (χ1) is 12.6. The smallest absolute Gasteiger partial charge is 0.336 e. The SMILES string of the molecule is CCN1C/C(=C/c2cnnn2C)c2nc3ccccc3c(C(=O)O)c2C1. The number of aryl methyl sites for hydroxylation is 1. The summed E-state index contributed by atoms with van der Waals surface area (Å²) in [6.07, 6.45) is 3.69. The number of rotatable bonds is 3. The van der Waals surface area contributed by atoms with E-state index in [0.717, 1.165) is 29.1 Å². The van der Waals surface area contributed by atoms with Crippen LogP contribution in [0.2, 0.25) is 0 Å². The Morgan fingerprint density at radius 3 is 2.81 bits per heavy atom. The topological polar surface area (TPSA) is 84.1 Å². The molecule has 0 unspecified atom stereocenters. The molecule has 1 aromatic carbocycles. The number of hydrogen-bond acceptors (Lipinski definition) is 5. The van der Waals surface area contributed by atoms with Gasteiger partial charge in [-0.1, -0.05) is 30.3 Å². The van der Waals surface area contributed by atoms with Crippen LogP contribution in [0.15, 0.2) is 30.5 Å². The van der Waals surface area contributed by atoms with Crippen molar-refractivity contribution in [3.63, 3.8) is 0 Å². The third kappa shape index (κ3) is 2.66. The quantitative estimate of drug-likeness (QED) is 0.782. The van der Waals surface area contributed by atoms with Crippen molar-refractivity contribution >= 4 is 28.5 Å². The number of para-hydroxylation sites is 1. The van der Waals surface area contributed by atoms with E-state index in [-0.39, 0.29) is 0 Å². The highest BCUT2D eigenvalue weighted by Crippen LogP contribution is 2.33. The molecule has 0 atom stereocenters. The fourth-order valence-corrected chi connectivity index (χ4v) is 3.45. The van der Waals surface area contributed by atoms with Crippen molar-refractivity contribution in [1.29, 1.82) is 0 Å². The first-order valence-corrected chi connectivity index (χ1v) is 8.51. The second-order valence-electron chi connectivity index (χ2n) is 6.39. The fourth-order valence-electron chi connectivity index (χ4n) is 3.45. The maximum atomic E-state index is 12.1. The lowest BCUT2D eigenvalue weighted by Crippen LogP contribution is -2.31. The van der Waals surface area contributed by atoms with Crippen LogP contribution in [0.5, 0.6) is 0 Å². The molecule has 1 N–H and O–H groups in total. The van der Waals surface area contributed by atoms with E-state index in [1.165, 1.54) is 0 Å². The van der Waals surface area contributed by atoms with Crippen molar-refractivity contribution in [3.8, 4) is 0 Å². The molecule has 0 fully saturated rings. The van der Waals surface area contributed by atoms with Crippen molar-refractivity contribution in [2.75, 3.05) is 13.1 Å². The van der Waals surface area contributed by atoms with E-state index in [2.05, 4.69) is 22.1 Å². The molecule has 0 saturated heterocycles. The molecule has 7 nitrogen and oxygen atoms in total. The van der Waals surface area contributed by atoms with Gasteiger partial charge in [-0.25, -0.2) is 14.5 Å². The second kappa shape index (κ2) is 6.34. The Balaban J connectivity index is 2.01. The van der Waals surface area contributed by atoms with Crippen LogP contribution in [0.25, 0.3) is 22.6 Å². The van der Waals surface area contributed by atoms with E-state index >= 15 is 0 Å². The van der Waals surface area contributed by atoms with Crippen molar-refractivity contribution in [3.05, 3.63) is 53.0 Å². The van der Waals surface area contributed by atoms with Gasteiger partial charge in [0.2, 0.25) is 0 Å². The van der Waals surface area contributed by atoms with Crippen LogP contribution in [0.4, 0.5) is 0 Å². The molecular weight excluding hydrogens is 330 g/mol. The number of hydrogen-bond donors (Lipinski definition) is 1. The number of fused-ring (bicyclic) bond motifs is 2. The van der Waals surface area contributed by atoms with Gasteiger partial charge in [-0.2, -0.15) is 0 Å². The Hall–Kier alpha value is -3.06. The lowest BCUT2D eigenvalue weighted by atomic mass is 9.92. The van der Waals surface area contributed by atoms with E-state index in [9.17, 15) is 9.90 Å². The number of benzene rings is 1. The van der Waals surface area contributed by atoms with Gasteiger partial charge in [0, 0.05) is 31.1 Å². The number of carbonyl (C=O) groups is 1. The summed E-state index contributed by atoms with van der Waals surface area (Å²) in [5.41, 5.74) is 4.40. The van der Waals surface area contributed by atoms with Gasteiger partial charge in [0.05, 0.1) is 28.7 Å². The van der Waals surface area contributed by atoms with Crippen LogP contribution in [-0.4, -0.2) is 49.0 Å². The lowest BCUT2D eigenvalue weighted by Gasteiger charge is -2.30. The predicted molar refractivity (Wildman–Crippen MR) is 98.5 cm³/mol. The number of nitrogens with zero attached hydrogens (tertiary/aromatic N) is 5. The minimum atomic E-state index is -0.917. The molecule has 132 valence electrons. The van der Waals surface area contributed by atoms with Gasteiger partial charge in [0.15, 0.2) is 0 Å². The first-order valence-electron chi connectivity index (χ1n) is 8.51. The zero-order valence-corrected chi connectivity index (χ0v) is 14.7. The molecule has 0 bridgehead atoms. The van der Waals surface area contributed by atoms with E-state index in [4.69, 9.17) is 4.98 Å². The molecule has 26 heavy (non-hydrogen) atoms. The summed E-state index contributed by atoms with van der Waals surface area (Å²) in [6.45, 7) is 4.18. The van der Waals surface area contributed by atoms with Gasteiger partial charge >= 0.3 is 5.97 Å². The molecular formula is C19H19N5O2. The van der Waals surface area contributed by atoms with Gasteiger partial charge in [-0.3, -0.25) is 4.90 Å². The third-order valence-corrected chi connectivity index (χ3v) is 4.81. The van der Waals surface area contributed by atoms with Crippen molar-refractivity contribution in [2.24, 2.45) is 7.05 Å². The number of likely N-dealkylation sites (N-methyl/N-ethyl adjacent to an activating group) is 1. The number of aromatic carboxylic acids is 1. The molecule has 0 aliphatic carbocycles. The van der Waals surface area contributed by atoms with Crippen LogP contribution in [0.1, 0.15) is 34.2 Å². The maximum absolute atomic E-state index is 12.1. The maximum Gasteiger partial charge on any atom is 0.336 e. The molecule has 0 radical (unpaired) electrons. The minimum absolute atomic E-state index is 0.345. The van der Waals surface area contributed by atoms with Crippen LogP contribution in [-0.2, 0) is 13.6 Å². The summed E-state index contributed by atoms with van der Waals surface area (Å²) in [6, 6.07) is 7.41. The molecule has 0 amide bonds. The van der Waals surface area contributed by atoms with Crippen LogP contribution in [0.3, 0.4) is 0 Å². The van der Waals surface area contributed by atoms with Crippen LogP contribution >= 0.6 is 0 Å². The number of carboxylic acids is 1. The summed E-state index contributed by atoms with van der Waals surface area (Å²) in [5.74, 6) is -0.917. The van der Waals surface area contributed by atoms with Gasteiger partial charge < -0.3 is 5.11 Å². The Bertz CT molecular complexity index is 1040. The summed E-state index contributed by atoms with van der Waals surface area (Å²) in [4.78, 5) is 19.1. The lowest BCUT2D eigenvalue weighted by molar-refractivity contribution is 0.0696. The molecule has 1 aliphatic heterocycles. The van der Waals surface area contributed by atoms with Crippen molar-refractivity contribution in [2.45, 2.75) is 13.5 Å². The zero-order chi connectivity index (χ0) is 18.3. The van der Waals surface area contributed by atoms with Crippen LogP contribution < -0.4 is 0 Å². The molecule has 0 spiro atoms. The first kappa shape index (κ1) is 16.4. The molecule has 3 heterocycles. The molecule has 4 rings (SSSR count). The molecule has 2 aromatic heterocycles. The van der Waals surface area contributed by atoms with E-state index in [0.29, 0.717) is 29.6 Å². The largest absolute Gasteiger partial charge is 0.478 e. The highest BCUT2D eigenvalue weighted by atomic mass is 16.4. The van der Waals surface area contributed by atoms with Gasteiger partial charge in [0.25, 0.3) is 0 Å². The van der Waals surface area contributed by atoms with Crippen molar-refractivity contribution in [1.82, 2.24) is 24.9 Å². The number of carboxylic acid groups (broad SMARTS) is 1. The van der Waals surface area contributed by atoms with Gasteiger partial charge in [0.1, 0.15) is 0 Å². The highest BCUT2D eigenvalue weighted by Gasteiger charge is 2.28. The normalized spacial score (nSPS) is 16.2. The molecule has 1 aliphatic rings. The zero-order valence-electron chi connectivity index (χ0n) is 14.7. The number of pyridine rings is 1. The second-order valence-corrected chi connectivity index (χ2v) is 6.39. The molecule has 7 heteroatoms. The van der Waals surface area contributed by atoms with Gasteiger partial charge in [-0.15, -0.1) is 5.10 Å². The van der Waals surface area contributed by atoms with Crippen molar-refractivity contribution < 1.29 is 9.90 Å². The summed E-state index contributed by atoms with van der Waals surface area (Å²) in [7, 11) is 1.83. The molecule has 0 saturated carbocycles. The fraction of sp³-hybridized carbons (Fsp3) is 0.263. The Labute approximate surface area is 150 Å². The Kier molecular flexibility index (Phi) is 4.00. The standard InChI is InChI=1S/C19H19N5O2/c1-3-24-10-12(8-13-9-20-22-23(13)2)18-15(11-24)17(19(25)26)14-6-4-5-7-16(14)21-18/h4-9H,3,10-11H2,1-2H3,(H,25,26)/b12-8-. The predicted octanol–water partition coefficient (Wildman–Crippen LogP) is 2.44. The van der Waals surface area contributed by atoms with E-state index in [1.807, 2.05) is 37.4 Å². The summed E-state index contributed by atoms with van der Waals surface area (Å²) >= 11 is 0. The average molecular weight is 349 g/mol. The monoisotopic (exact) mass is 349 g/mol. The summed E-state index contributed by atoms with van der Waals surface area (Å²) in [5, 5.41) is 18.5. The Morgan fingerprint density at radius 1 is 1.31 bits per heavy atom. The van der Waals surface area contributed by atoms with Crippen LogP contribution in [0, 0.1) is 0 Å². The van der Waals surface area contributed by atoms with Gasteiger partial charge in [-0.05, 0) is 24.3 Å². The highest BCUT2D eigenvalue weighted by molar-refractivity contribution is 6.05. The average Bonchev–Trinajstić information content (AvgIpc) is 3.04. The Morgan fingerprint density at radius 2 is 2.12 bits per heavy atom. The third-order valence-electron chi connectivity index (χ3n) is 4.81. The number of aromatic nitrogens is 4.